The van der Waals surface area contributed by atoms with Gasteiger partial charge in [0, 0.05) is 17.1 Å². The Morgan fingerprint density at radius 1 is 1.56 bits per heavy atom. The van der Waals surface area contributed by atoms with E-state index in [0.29, 0.717) is 18.8 Å². The molecule has 6 nitrogen and oxygen atoms in total. The molecule has 94 valence electrons. The van der Waals surface area contributed by atoms with Crippen molar-refractivity contribution < 1.29 is 4.79 Å². The van der Waals surface area contributed by atoms with Crippen LogP contribution in [0.15, 0.2) is 29.4 Å². The molecule has 2 heterocycles. The van der Waals surface area contributed by atoms with Gasteiger partial charge in [-0.3, -0.25) is 9.48 Å². The van der Waals surface area contributed by atoms with Crippen LogP contribution in [-0.4, -0.2) is 25.7 Å². The Morgan fingerprint density at radius 3 is 3.06 bits per heavy atom. The van der Waals surface area contributed by atoms with Gasteiger partial charge in [0.15, 0.2) is 0 Å². The van der Waals surface area contributed by atoms with Gasteiger partial charge in [0.25, 0.3) is 0 Å². The Balaban J connectivity index is 1.88. The van der Waals surface area contributed by atoms with E-state index in [9.17, 15) is 4.79 Å². The highest BCUT2D eigenvalue weighted by Crippen LogP contribution is 2.17. The molecule has 7 heteroatoms. The molecule has 1 amide bonds. The summed E-state index contributed by atoms with van der Waals surface area (Å²) in [6.07, 6.45) is 5.02. The summed E-state index contributed by atoms with van der Waals surface area (Å²) in [5.41, 5.74) is 1.02. The second-order valence-corrected chi connectivity index (χ2v) is 4.63. The number of aryl methyl sites for hydroxylation is 2. The minimum Gasteiger partial charge on any atom is -0.311 e. The van der Waals surface area contributed by atoms with Crippen LogP contribution in [0.2, 0.25) is 0 Å². The number of hydrogen-bond donors (Lipinski definition) is 1. The summed E-state index contributed by atoms with van der Waals surface area (Å²) in [5.74, 6) is 0.457. The van der Waals surface area contributed by atoms with E-state index in [4.69, 9.17) is 0 Å². The second-order valence-electron chi connectivity index (χ2n) is 3.78. The molecule has 0 aromatic carbocycles. The van der Waals surface area contributed by atoms with E-state index in [-0.39, 0.29) is 5.91 Å². The van der Waals surface area contributed by atoms with Gasteiger partial charge in [-0.05, 0) is 34.5 Å². The van der Waals surface area contributed by atoms with Crippen LogP contribution in [0, 0.1) is 6.92 Å². The zero-order chi connectivity index (χ0) is 13.0. The number of pyridine rings is 1. The lowest BCUT2D eigenvalue weighted by Crippen LogP contribution is -2.15. The summed E-state index contributed by atoms with van der Waals surface area (Å²) in [6.45, 7) is 2.44. The number of nitrogens with one attached hydrogen (secondary N) is 1. The minimum atomic E-state index is -0.0975. The molecule has 0 saturated heterocycles. The Morgan fingerprint density at radius 2 is 2.39 bits per heavy atom. The van der Waals surface area contributed by atoms with Crippen LogP contribution in [0.5, 0.6) is 0 Å². The van der Waals surface area contributed by atoms with Gasteiger partial charge >= 0.3 is 0 Å². The third kappa shape index (κ3) is 3.36. The molecule has 0 aliphatic rings. The molecular formula is C11H12BrN5O. The Labute approximate surface area is 113 Å². The van der Waals surface area contributed by atoms with Crippen LogP contribution in [-0.2, 0) is 11.3 Å². The number of carbonyl (C=O) groups excluding carboxylic acids is 1. The molecule has 0 radical (unpaired) electrons. The van der Waals surface area contributed by atoms with Crippen LogP contribution in [0.1, 0.15) is 12.0 Å². The van der Waals surface area contributed by atoms with Crippen molar-refractivity contribution in [3.63, 3.8) is 0 Å². The molecule has 1 N–H and O–H groups in total. The van der Waals surface area contributed by atoms with E-state index in [1.807, 2.05) is 13.0 Å². The lowest BCUT2D eigenvalue weighted by molar-refractivity contribution is -0.116. The summed E-state index contributed by atoms with van der Waals surface area (Å²) in [7, 11) is 0. The van der Waals surface area contributed by atoms with Crippen molar-refractivity contribution in [3.05, 3.63) is 35.0 Å². The van der Waals surface area contributed by atoms with Crippen LogP contribution in [0.3, 0.4) is 0 Å². The largest absolute Gasteiger partial charge is 0.311 e. The molecule has 18 heavy (non-hydrogen) atoms. The minimum absolute atomic E-state index is 0.0975. The fraction of sp³-hybridized carbons (Fsp3) is 0.273. The summed E-state index contributed by atoms with van der Waals surface area (Å²) in [4.78, 5) is 19.6. The highest BCUT2D eigenvalue weighted by atomic mass is 79.9. The first kappa shape index (κ1) is 12.7. The number of hydrogen-bond acceptors (Lipinski definition) is 4. The SMILES string of the molecule is Cc1cc(NC(=O)CCn2cncn2)ncc1Br. The van der Waals surface area contributed by atoms with E-state index in [0.717, 1.165) is 10.0 Å². The van der Waals surface area contributed by atoms with Gasteiger partial charge in [0.05, 0.1) is 6.54 Å². The van der Waals surface area contributed by atoms with Gasteiger partial charge < -0.3 is 5.32 Å². The van der Waals surface area contributed by atoms with Gasteiger partial charge in [0.2, 0.25) is 5.91 Å². The molecule has 0 saturated carbocycles. The van der Waals surface area contributed by atoms with E-state index < -0.39 is 0 Å². The highest BCUT2D eigenvalue weighted by molar-refractivity contribution is 9.10. The number of halogens is 1. The van der Waals surface area contributed by atoms with Crippen LogP contribution < -0.4 is 5.32 Å². The zero-order valence-electron chi connectivity index (χ0n) is 9.80. The van der Waals surface area contributed by atoms with Gasteiger partial charge in [-0.1, -0.05) is 0 Å². The lowest BCUT2D eigenvalue weighted by atomic mass is 10.3. The Kier molecular flexibility index (Phi) is 4.03. The molecular weight excluding hydrogens is 298 g/mol. The maximum absolute atomic E-state index is 11.7. The van der Waals surface area contributed by atoms with Gasteiger partial charge in [-0.2, -0.15) is 5.10 Å². The maximum Gasteiger partial charge on any atom is 0.227 e. The number of amides is 1. The van der Waals surface area contributed by atoms with Crippen molar-refractivity contribution in [2.45, 2.75) is 19.9 Å². The second kappa shape index (κ2) is 5.72. The number of rotatable bonds is 4. The smallest absolute Gasteiger partial charge is 0.227 e. The molecule has 2 rings (SSSR count). The summed E-state index contributed by atoms with van der Waals surface area (Å²) < 4.78 is 2.53. The zero-order valence-corrected chi connectivity index (χ0v) is 11.4. The van der Waals surface area contributed by atoms with Gasteiger partial charge in [0.1, 0.15) is 18.5 Å². The van der Waals surface area contributed by atoms with Gasteiger partial charge in [-0.25, -0.2) is 9.97 Å². The molecule has 0 bridgehead atoms. The van der Waals surface area contributed by atoms with E-state index in [1.54, 1.807) is 17.2 Å². The van der Waals surface area contributed by atoms with Crippen molar-refractivity contribution in [1.29, 1.82) is 0 Å². The monoisotopic (exact) mass is 309 g/mol. The number of carbonyl (C=O) groups is 1. The summed E-state index contributed by atoms with van der Waals surface area (Å²) >= 11 is 3.36. The Bertz CT molecular complexity index is 540. The first-order valence-electron chi connectivity index (χ1n) is 5.39. The van der Waals surface area contributed by atoms with Crippen molar-refractivity contribution in [3.8, 4) is 0 Å². The van der Waals surface area contributed by atoms with Crippen molar-refractivity contribution in [1.82, 2.24) is 19.7 Å². The predicted molar refractivity (Wildman–Crippen MR) is 69.9 cm³/mol. The fourth-order valence-electron chi connectivity index (χ4n) is 1.38. The number of aromatic nitrogens is 4. The molecule has 0 atom stereocenters. The van der Waals surface area contributed by atoms with Crippen LogP contribution >= 0.6 is 15.9 Å². The van der Waals surface area contributed by atoms with Crippen molar-refractivity contribution in [2.24, 2.45) is 0 Å². The van der Waals surface area contributed by atoms with Crippen molar-refractivity contribution >= 4 is 27.7 Å². The lowest BCUT2D eigenvalue weighted by Gasteiger charge is -2.06. The van der Waals surface area contributed by atoms with E-state index in [1.165, 1.54) is 6.33 Å². The first-order valence-corrected chi connectivity index (χ1v) is 6.19. The summed E-state index contributed by atoms with van der Waals surface area (Å²) in [6, 6.07) is 1.82. The fourth-order valence-corrected chi connectivity index (χ4v) is 1.59. The quantitative estimate of drug-likeness (QED) is 0.934. The molecule has 0 spiro atoms. The van der Waals surface area contributed by atoms with E-state index in [2.05, 4.69) is 36.3 Å². The third-order valence-electron chi connectivity index (χ3n) is 2.35. The first-order chi connectivity index (χ1) is 8.65. The number of nitrogens with zero attached hydrogens (tertiary/aromatic N) is 4. The maximum atomic E-state index is 11.7. The predicted octanol–water partition coefficient (Wildman–Crippen LogP) is 1.77. The van der Waals surface area contributed by atoms with Crippen LogP contribution in [0.4, 0.5) is 5.82 Å². The average molecular weight is 310 g/mol. The number of anilines is 1. The van der Waals surface area contributed by atoms with E-state index >= 15 is 0 Å². The normalized spacial score (nSPS) is 10.3. The third-order valence-corrected chi connectivity index (χ3v) is 3.18. The Hall–Kier alpha value is -1.76. The molecule has 0 fully saturated rings. The topological polar surface area (TPSA) is 72.7 Å². The average Bonchev–Trinajstić information content (AvgIpc) is 2.84. The molecule has 0 aliphatic carbocycles. The molecule has 0 aliphatic heterocycles. The van der Waals surface area contributed by atoms with Crippen LogP contribution in [0.25, 0.3) is 0 Å². The standard InChI is InChI=1S/C11H12BrN5O/c1-8-4-10(14-5-9(8)12)16-11(18)2-3-17-7-13-6-15-17/h4-7H,2-3H2,1H3,(H,14,16,18). The van der Waals surface area contributed by atoms with Crippen molar-refractivity contribution in [2.75, 3.05) is 5.32 Å². The van der Waals surface area contributed by atoms with Gasteiger partial charge in [-0.15, -0.1) is 0 Å². The molecule has 2 aromatic rings. The summed E-state index contributed by atoms with van der Waals surface area (Å²) in [5, 5.41) is 6.66. The molecule has 0 unspecified atom stereocenters. The highest BCUT2D eigenvalue weighted by Gasteiger charge is 2.05. The molecule has 2 aromatic heterocycles.